The molecule has 0 aliphatic heterocycles. The van der Waals surface area contributed by atoms with Crippen LogP contribution in [0.4, 0.5) is 4.79 Å². The molecule has 5 heteroatoms. The number of alkyl carbamates (subject to hydrolysis) is 1. The highest BCUT2D eigenvalue weighted by atomic mass is 16.5. The van der Waals surface area contributed by atoms with E-state index in [-0.39, 0.29) is 6.61 Å². The molecule has 0 aliphatic rings. The summed E-state index contributed by atoms with van der Waals surface area (Å²) in [5.41, 5.74) is 2.03. The number of carbonyl (C=O) groups is 1. The van der Waals surface area contributed by atoms with Crippen molar-refractivity contribution in [1.82, 2.24) is 10.3 Å². The Morgan fingerprint density at radius 1 is 1.22 bits per heavy atom. The third-order valence-electron chi connectivity index (χ3n) is 2.84. The lowest BCUT2D eigenvalue weighted by atomic mass is 10.2. The number of benzene rings is 1. The van der Waals surface area contributed by atoms with E-state index in [9.17, 15) is 4.79 Å². The molecule has 0 saturated heterocycles. The summed E-state index contributed by atoms with van der Waals surface area (Å²) in [5.74, 6) is 5.77. The van der Waals surface area contributed by atoms with Crippen molar-refractivity contribution < 1.29 is 9.53 Å². The van der Waals surface area contributed by atoms with Crippen molar-refractivity contribution in [3.05, 3.63) is 65.5 Å². The van der Waals surface area contributed by atoms with Crippen LogP contribution in [0.1, 0.15) is 23.2 Å². The Balaban J connectivity index is 1.66. The molecule has 0 atom stereocenters. The summed E-state index contributed by atoms with van der Waals surface area (Å²) in [6, 6.07) is 14.8. The Morgan fingerprint density at radius 2 is 2.04 bits per heavy atom. The first-order valence-electron chi connectivity index (χ1n) is 7.07. The predicted octanol–water partition coefficient (Wildman–Crippen LogP) is 2.62. The van der Waals surface area contributed by atoms with Gasteiger partial charge in [0.25, 0.3) is 0 Å². The molecule has 2 aromatic rings. The fourth-order valence-electron chi connectivity index (χ4n) is 1.69. The van der Waals surface area contributed by atoms with Crippen molar-refractivity contribution in [3.8, 4) is 17.9 Å². The molecular formula is C18H15N3O2. The number of ether oxygens (including phenoxy) is 1. The van der Waals surface area contributed by atoms with Gasteiger partial charge in [-0.25, -0.2) is 9.78 Å². The van der Waals surface area contributed by atoms with Crippen LogP contribution in [0.15, 0.2) is 48.7 Å². The van der Waals surface area contributed by atoms with E-state index in [1.165, 1.54) is 6.20 Å². The fourth-order valence-corrected chi connectivity index (χ4v) is 1.69. The van der Waals surface area contributed by atoms with Gasteiger partial charge in [-0.2, -0.15) is 5.26 Å². The smallest absolute Gasteiger partial charge is 0.407 e. The van der Waals surface area contributed by atoms with Crippen LogP contribution < -0.4 is 5.32 Å². The third-order valence-corrected chi connectivity index (χ3v) is 2.84. The number of nitriles is 1. The molecule has 1 amide bonds. The SMILES string of the molecule is N#Cc1ccc(C#CCCNC(=O)OCc2ccccc2)nc1. The van der Waals surface area contributed by atoms with Crippen LogP contribution in [0, 0.1) is 23.2 Å². The number of nitrogens with zero attached hydrogens (tertiary/aromatic N) is 2. The van der Waals surface area contributed by atoms with E-state index in [0.717, 1.165) is 5.56 Å². The maximum atomic E-state index is 11.5. The number of hydrogen-bond donors (Lipinski definition) is 1. The average Bonchev–Trinajstić information content (AvgIpc) is 2.61. The van der Waals surface area contributed by atoms with Gasteiger partial charge in [-0.3, -0.25) is 0 Å². The topological polar surface area (TPSA) is 75.0 Å². The molecule has 1 heterocycles. The zero-order chi connectivity index (χ0) is 16.3. The fraction of sp³-hybridized carbons (Fsp3) is 0.167. The third kappa shape index (κ3) is 5.91. The number of hydrogen-bond acceptors (Lipinski definition) is 4. The van der Waals surface area contributed by atoms with Gasteiger partial charge in [-0.05, 0) is 23.6 Å². The maximum Gasteiger partial charge on any atom is 0.407 e. The number of amides is 1. The van der Waals surface area contributed by atoms with Gasteiger partial charge in [0.15, 0.2) is 0 Å². The largest absolute Gasteiger partial charge is 0.445 e. The molecule has 23 heavy (non-hydrogen) atoms. The molecule has 0 spiro atoms. The van der Waals surface area contributed by atoms with Gasteiger partial charge in [-0.1, -0.05) is 36.3 Å². The zero-order valence-electron chi connectivity index (χ0n) is 12.5. The number of nitrogens with one attached hydrogen (secondary N) is 1. The van der Waals surface area contributed by atoms with Gasteiger partial charge >= 0.3 is 6.09 Å². The molecule has 0 saturated carbocycles. The van der Waals surface area contributed by atoms with Crippen molar-refractivity contribution in [3.63, 3.8) is 0 Å². The summed E-state index contributed by atoms with van der Waals surface area (Å²) in [5, 5.41) is 11.3. The lowest BCUT2D eigenvalue weighted by Crippen LogP contribution is -2.24. The number of pyridine rings is 1. The summed E-state index contributed by atoms with van der Waals surface area (Å²) < 4.78 is 5.08. The predicted molar refractivity (Wildman–Crippen MR) is 85.1 cm³/mol. The molecule has 1 N–H and O–H groups in total. The van der Waals surface area contributed by atoms with Crippen LogP contribution in [0.2, 0.25) is 0 Å². The highest BCUT2D eigenvalue weighted by molar-refractivity contribution is 5.67. The van der Waals surface area contributed by atoms with Crippen LogP contribution in [0.25, 0.3) is 0 Å². The average molecular weight is 305 g/mol. The van der Waals surface area contributed by atoms with Crippen molar-refractivity contribution in [1.29, 1.82) is 5.26 Å². The summed E-state index contributed by atoms with van der Waals surface area (Å²) >= 11 is 0. The Hall–Kier alpha value is -3.31. The van der Waals surface area contributed by atoms with Crippen molar-refractivity contribution in [2.24, 2.45) is 0 Å². The van der Waals surface area contributed by atoms with Gasteiger partial charge in [0.2, 0.25) is 0 Å². The Morgan fingerprint density at radius 3 is 2.74 bits per heavy atom. The highest BCUT2D eigenvalue weighted by Crippen LogP contribution is 2.00. The Kier molecular flexibility index (Phi) is 6.19. The normalized spacial score (nSPS) is 9.17. The van der Waals surface area contributed by atoms with Gasteiger partial charge < -0.3 is 10.1 Å². The molecule has 5 nitrogen and oxygen atoms in total. The second kappa shape index (κ2) is 8.86. The second-order valence-electron chi connectivity index (χ2n) is 4.58. The van der Waals surface area contributed by atoms with Gasteiger partial charge in [-0.15, -0.1) is 0 Å². The summed E-state index contributed by atoms with van der Waals surface area (Å²) in [7, 11) is 0. The van der Waals surface area contributed by atoms with Crippen LogP contribution in [-0.4, -0.2) is 17.6 Å². The molecule has 1 aromatic heterocycles. The number of rotatable bonds is 4. The minimum atomic E-state index is -0.466. The molecule has 0 bridgehead atoms. The molecular weight excluding hydrogens is 290 g/mol. The molecule has 0 radical (unpaired) electrons. The summed E-state index contributed by atoms with van der Waals surface area (Å²) in [6.07, 6.45) is 1.50. The lowest BCUT2D eigenvalue weighted by molar-refractivity contribution is 0.140. The lowest BCUT2D eigenvalue weighted by Gasteiger charge is -2.05. The Bertz CT molecular complexity index is 738. The highest BCUT2D eigenvalue weighted by Gasteiger charge is 2.00. The standard InChI is InChI=1S/C18H15N3O2/c19-12-16-9-10-17(21-13-16)8-4-5-11-20-18(22)23-14-15-6-2-1-3-7-15/h1-3,6-7,9-10,13H,5,11,14H2,(H,20,22). The van der Waals surface area contributed by atoms with Crippen LogP contribution in [-0.2, 0) is 11.3 Å². The second-order valence-corrected chi connectivity index (χ2v) is 4.58. The zero-order valence-corrected chi connectivity index (χ0v) is 12.5. The van der Waals surface area contributed by atoms with Crippen LogP contribution >= 0.6 is 0 Å². The number of carbonyl (C=O) groups excluding carboxylic acids is 1. The summed E-state index contributed by atoms with van der Waals surface area (Å²) in [4.78, 5) is 15.5. The summed E-state index contributed by atoms with van der Waals surface area (Å²) in [6.45, 7) is 0.643. The van der Waals surface area contributed by atoms with E-state index >= 15 is 0 Å². The molecule has 2 rings (SSSR count). The van der Waals surface area contributed by atoms with Crippen molar-refractivity contribution in [2.75, 3.05) is 6.54 Å². The first-order valence-corrected chi connectivity index (χ1v) is 7.07. The van der Waals surface area contributed by atoms with Crippen LogP contribution in [0.5, 0.6) is 0 Å². The molecule has 1 aromatic carbocycles. The molecule has 0 aliphatic carbocycles. The molecule has 0 fully saturated rings. The van der Waals surface area contributed by atoms with E-state index < -0.39 is 6.09 Å². The van der Waals surface area contributed by atoms with E-state index in [0.29, 0.717) is 24.2 Å². The van der Waals surface area contributed by atoms with Gasteiger partial charge in [0, 0.05) is 19.2 Å². The Labute approximate surface area is 134 Å². The number of aromatic nitrogens is 1. The molecule has 114 valence electrons. The minimum Gasteiger partial charge on any atom is -0.445 e. The molecule has 0 unspecified atom stereocenters. The monoisotopic (exact) mass is 305 g/mol. The minimum absolute atomic E-state index is 0.244. The van der Waals surface area contributed by atoms with E-state index in [1.54, 1.807) is 12.1 Å². The van der Waals surface area contributed by atoms with Crippen molar-refractivity contribution >= 4 is 6.09 Å². The quantitative estimate of drug-likeness (QED) is 0.696. The van der Waals surface area contributed by atoms with E-state index in [2.05, 4.69) is 22.1 Å². The van der Waals surface area contributed by atoms with E-state index in [4.69, 9.17) is 10.00 Å². The first kappa shape index (κ1) is 16.1. The van der Waals surface area contributed by atoms with E-state index in [1.807, 2.05) is 36.4 Å². The van der Waals surface area contributed by atoms with Gasteiger partial charge in [0.05, 0.1) is 5.56 Å². The van der Waals surface area contributed by atoms with Crippen molar-refractivity contribution in [2.45, 2.75) is 13.0 Å². The maximum absolute atomic E-state index is 11.5. The van der Waals surface area contributed by atoms with Crippen LogP contribution in [0.3, 0.4) is 0 Å². The van der Waals surface area contributed by atoms with Gasteiger partial charge in [0.1, 0.15) is 18.4 Å². The first-order chi connectivity index (χ1) is 11.3.